The number of piperidine rings is 1. The summed E-state index contributed by atoms with van der Waals surface area (Å²) in [5, 5.41) is 2.75. The number of amides is 1. The van der Waals surface area contributed by atoms with Crippen LogP contribution in [0.5, 0.6) is 0 Å². The highest BCUT2D eigenvalue weighted by Crippen LogP contribution is 2.13. The third-order valence-corrected chi connectivity index (χ3v) is 3.17. The lowest BCUT2D eigenvalue weighted by Crippen LogP contribution is -2.46. The van der Waals surface area contributed by atoms with Crippen LogP contribution >= 0.6 is 0 Å². The van der Waals surface area contributed by atoms with Crippen LogP contribution in [0.15, 0.2) is 0 Å². The lowest BCUT2D eigenvalue weighted by molar-refractivity contribution is 0.0489. The van der Waals surface area contributed by atoms with Crippen molar-refractivity contribution in [2.45, 2.75) is 45.3 Å². The van der Waals surface area contributed by atoms with Gasteiger partial charge in [-0.05, 0) is 33.6 Å². The van der Waals surface area contributed by atoms with Crippen molar-refractivity contribution < 1.29 is 18.3 Å². The number of hydrogen-bond acceptors (Lipinski definition) is 4. The van der Waals surface area contributed by atoms with Crippen LogP contribution in [0.4, 0.5) is 4.79 Å². The van der Waals surface area contributed by atoms with Crippen molar-refractivity contribution in [1.29, 1.82) is 0 Å². The van der Waals surface area contributed by atoms with Crippen LogP contribution < -0.4 is 5.32 Å². The van der Waals surface area contributed by atoms with Gasteiger partial charge < -0.3 is 14.6 Å². The van der Waals surface area contributed by atoms with Crippen LogP contribution in [-0.4, -0.2) is 43.9 Å². The van der Waals surface area contributed by atoms with Crippen molar-refractivity contribution >= 4 is 17.4 Å². The quantitative estimate of drug-likeness (QED) is 0.746. The number of carbonyl (C=O) groups is 1. The molecule has 7 heteroatoms. The minimum absolute atomic E-state index is 0.00958. The number of carbonyl (C=O) groups excluding carboxylic acids is 1. The summed E-state index contributed by atoms with van der Waals surface area (Å²) in [5.41, 5.74) is -0.513. The smallest absolute Gasteiger partial charge is 0.407 e. The van der Waals surface area contributed by atoms with Crippen LogP contribution in [0.2, 0.25) is 0 Å². The first-order chi connectivity index (χ1) is 7.78. The Morgan fingerprint density at radius 2 is 1.94 bits per heavy atom. The predicted octanol–water partition coefficient (Wildman–Crippen LogP) is 0.770. The maximum atomic E-state index is 11.5. The van der Waals surface area contributed by atoms with E-state index in [1.165, 1.54) is 4.31 Å². The van der Waals surface area contributed by atoms with Gasteiger partial charge in [0.15, 0.2) is 0 Å². The summed E-state index contributed by atoms with van der Waals surface area (Å²) >= 11 is -2.16. The maximum Gasteiger partial charge on any atom is 0.407 e. The number of ether oxygens (including phenoxy) is 1. The molecular weight excluding hydrogens is 244 g/mol. The van der Waals surface area contributed by atoms with E-state index in [-0.39, 0.29) is 6.04 Å². The molecular formula is C10H19N2O4S-. The summed E-state index contributed by atoms with van der Waals surface area (Å²) in [6.45, 7) is 6.29. The molecule has 1 atom stereocenters. The maximum absolute atomic E-state index is 11.5. The molecule has 0 aromatic rings. The molecule has 100 valence electrons. The molecule has 1 N–H and O–H groups in total. The second kappa shape index (κ2) is 5.79. The number of hydrogen-bond donors (Lipinski definition) is 1. The van der Waals surface area contributed by atoms with Crippen molar-refractivity contribution in [2.75, 3.05) is 13.1 Å². The molecule has 1 aliphatic rings. The first-order valence-corrected chi connectivity index (χ1v) is 6.65. The van der Waals surface area contributed by atoms with Crippen molar-refractivity contribution in [3.05, 3.63) is 0 Å². The average Bonchev–Trinajstić information content (AvgIpc) is 2.15. The van der Waals surface area contributed by atoms with E-state index in [9.17, 15) is 13.6 Å². The Bertz CT molecular complexity index is 295. The zero-order valence-electron chi connectivity index (χ0n) is 10.4. The lowest BCUT2D eigenvalue weighted by atomic mass is 10.1. The van der Waals surface area contributed by atoms with Crippen molar-refractivity contribution in [3.8, 4) is 0 Å². The van der Waals surface area contributed by atoms with E-state index < -0.39 is 23.0 Å². The van der Waals surface area contributed by atoms with Gasteiger partial charge in [-0.25, -0.2) is 9.10 Å². The standard InChI is InChI=1S/C10H20N2O4S/c1-10(2,3)16-9(13)11-8-4-6-12(7-5-8)17(14)15/h8H,4-7H2,1-3H3,(H,11,13)(H,14,15)/p-1. The van der Waals surface area contributed by atoms with Crippen LogP contribution in [0, 0.1) is 0 Å². The molecule has 0 aromatic carbocycles. The van der Waals surface area contributed by atoms with Crippen LogP contribution in [-0.2, 0) is 16.0 Å². The predicted molar refractivity (Wildman–Crippen MR) is 62.9 cm³/mol. The normalized spacial score (nSPS) is 20.9. The van der Waals surface area contributed by atoms with Crippen molar-refractivity contribution in [1.82, 2.24) is 9.62 Å². The van der Waals surface area contributed by atoms with Gasteiger partial charge in [-0.1, -0.05) is 0 Å². The Morgan fingerprint density at radius 3 is 2.35 bits per heavy atom. The molecule has 17 heavy (non-hydrogen) atoms. The molecule has 1 rings (SSSR count). The Morgan fingerprint density at radius 1 is 1.41 bits per heavy atom. The first-order valence-electron chi connectivity index (χ1n) is 5.62. The fraction of sp³-hybridized carbons (Fsp3) is 0.900. The molecule has 0 spiro atoms. The largest absolute Gasteiger partial charge is 0.760 e. The molecule has 0 aliphatic carbocycles. The minimum atomic E-state index is -2.16. The summed E-state index contributed by atoms with van der Waals surface area (Å²) in [7, 11) is 0. The third kappa shape index (κ3) is 5.47. The summed E-state index contributed by atoms with van der Waals surface area (Å²) in [5.74, 6) is 0. The summed E-state index contributed by atoms with van der Waals surface area (Å²) in [6, 6.07) is -0.00958. The van der Waals surface area contributed by atoms with Crippen LogP contribution in [0.3, 0.4) is 0 Å². The number of rotatable bonds is 2. The summed E-state index contributed by atoms with van der Waals surface area (Å²) < 4.78 is 27.9. The number of alkyl carbamates (subject to hydrolysis) is 1. The zero-order valence-corrected chi connectivity index (χ0v) is 11.2. The van der Waals surface area contributed by atoms with E-state index in [1.807, 2.05) is 0 Å². The van der Waals surface area contributed by atoms with E-state index >= 15 is 0 Å². The molecule has 1 amide bonds. The highest BCUT2D eigenvalue weighted by atomic mass is 32.2. The molecule has 1 fully saturated rings. The molecule has 0 saturated carbocycles. The fourth-order valence-electron chi connectivity index (χ4n) is 1.62. The molecule has 0 bridgehead atoms. The topological polar surface area (TPSA) is 81.7 Å². The molecule has 1 unspecified atom stereocenters. The highest BCUT2D eigenvalue weighted by Gasteiger charge is 2.23. The SMILES string of the molecule is CC(C)(C)OC(=O)NC1CCN(S(=O)[O-])CC1. The summed E-state index contributed by atoms with van der Waals surface area (Å²) in [6.07, 6.45) is 0.791. The third-order valence-electron chi connectivity index (χ3n) is 2.39. The molecule has 1 heterocycles. The molecule has 6 nitrogen and oxygen atoms in total. The van der Waals surface area contributed by atoms with Crippen LogP contribution in [0.1, 0.15) is 33.6 Å². The van der Waals surface area contributed by atoms with Gasteiger partial charge in [0.1, 0.15) is 5.60 Å². The van der Waals surface area contributed by atoms with Crippen LogP contribution in [0.25, 0.3) is 0 Å². The van der Waals surface area contributed by atoms with E-state index in [2.05, 4.69) is 5.32 Å². The van der Waals surface area contributed by atoms with Gasteiger partial charge in [0, 0.05) is 30.4 Å². The Balaban J connectivity index is 2.31. The zero-order chi connectivity index (χ0) is 13.1. The molecule has 1 saturated heterocycles. The Labute approximate surface area is 104 Å². The monoisotopic (exact) mass is 263 g/mol. The van der Waals surface area contributed by atoms with E-state index in [4.69, 9.17) is 4.74 Å². The van der Waals surface area contributed by atoms with Gasteiger partial charge >= 0.3 is 6.09 Å². The van der Waals surface area contributed by atoms with Gasteiger partial charge in [0.05, 0.1) is 0 Å². The second-order valence-corrected chi connectivity index (χ2v) is 6.02. The Hall–Kier alpha value is -0.660. The van der Waals surface area contributed by atoms with E-state index in [1.54, 1.807) is 20.8 Å². The second-order valence-electron chi connectivity index (χ2n) is 5.07. The summed E-state index contributed by atoms with van der Waals surface area (Å²) in [4.78, 5) is 11.5. The number of nitrogens with one attached hydrogen (secondary N) is 1. The van der Waals surface area contributed by atoms with Crippen molar-refractivity contribution in [2.24, 2.45) is 0 Å². The van der Waals surface area contributed by atoms with Gasteiger partial charge in [0.25, 0.3) is 0 Å². The molecule has 1 aliphatic heterocycles. The minimum Gasteiger partial charge on any atom is -0.760 e. The van der Waals surface area contributed by atoms with Gasteiger partial charge in [-0.3, -0.25) is 4.21 Å². The van der Waals surface area contributed by atoms with E-state index in [0.717, 1.165) is 0 Å². The molecule has 0 aromatic heterocycles. The first kappa shape index (κ1) is 14.4. The lowest BCUT2D eigenvalue weighted by Gasteiger charge is -2.33. The number of nitrogens with zero attached hydrogens (tertiary/aromatic N) is 1. The Kier molecular flexibility index (Phi) is 4.91. The average molecular weight is 263 g/mol. The molecule has 0 radical (unpaired) electrons. The van der Waals surface area contributed by atoms with Crippen molar-refractivity contribution in [3.63, 3.8) is 0 Å². The van der Waals surface area contributed by atoms with Gasteiger partial charge in [-0.2, -0.15) is 0 Å². The van der Waals surface area contributed by atoms with Gasteiger partial charge in [-0.15, -0.1) is 0 Å². The highest BCUT2D eigenvalue weighted by molar-refractivity contribution is 7.76. The fourth-order valence-corrected chi connectivity index (χ4v) is 2.13. The van der Waals surface area contributed by atoms with Gasteiger partial charge in [0.2, 0.25) is 0 Å². The van der Waals surface area contributed by atoms with E-state index in [0.29, 0.717) is 25.9 Å².